The Hall–Kier alpha value is -5.16. The summed E-state index contributed by atoms with van der Waals surface area (Å²) in [4.78, 5) is 37.9. The Labute approximate surface area is 304 Å². The van der Waals surface area contributed by atoms with E-state index in [1.165, 1.54) is 0 Å². The molecule has 0 N–H and O–H groups in total. The number of hydrogen-bond acceptors (Lipinski definition) is 4. The van der Waals surface area contributed by atoms with Crippen LogP contribution in [-0.2, 0) is 20.4 Å². The van der Waals surface area contributed by atoms with Gasteiger partial charge < -0.3 is 0 Å². The fourth-order valence-electron chi connectivity index (χ4n) is 9.89. The van der Waals surface area contributed by atoms with Gasteiger partial charge in [-0.1, -0.05) is 115 Å². The van der Waals surface area contributed by atoms with Gasteiger partial charge in [0.25, 0.3) is 0 Å². The summed E-state index contributed by atoms with van der Waals surface area (Å²) in [5.74, 6) is -0.223. The van der Waals surface area contributed by atoms with Crippen molar-refractivity contribution in [1.82, 2.24) is 4.98 Å². The van der Waals surface area contributed by atoms with Gasteiger partial charge >= 0.3 is 0 Å². The predicted octanol–water partition coefficient (Wildman–Crippen LogP) is 9.23. The summed E-state index contributed by atoms with van der Waals surface area (Å²) >= 11 is 13.1. The van der Waals surface area contributed by atoms with Crippen LogP contribution in [0.3, 0.4) is 0 Å². The van der Waals surface area contributed by atoms with E-state index in [2.05, 4.69) is 84.9 Å². The fraction of sp³-hybridized carbons (Fsp3) is 0.156. The number of halogens is 2. The van der Waals surface area contributed by atoms with Crippen molar-refractivity contribution in [2.45, 2.75) is 36.1 Å². The fourth-order valence-corrected chi connectivity index (χ4v) is 10.4. The number of para-hydroxylation sites is 2. The van der Waals surface area contributed by atoms with E-state index in [1.54, 1.807) is 0 Å². The van der Waals surface area contributed by atoms with Gasteiger partial charge in [-0.3, -0.25) is 14.6 Å². The molecular weight excluding hydrogens is 671 g/mol. The molecule has 0 radical (unpaired) electrons. The SMILES string of the molecule is O=C(Cl)CC1(CC2(CC(=O)Cl)c3ccc4ccccc4c3C3N=c4ccccc4=CC32)c2cc3ccccc3nc2-c2c1ccc1ccccc21. The Morgan fingerprint density at radius 3 is 2.08 bits per heavy atom. The van der Waals surface area contributed by atoms with Crippen LogP contribution in [0.1, 0.15) is 47.6 Å². The zero-order valence-corrected chi connectivity index (χ0v) is 29.0. The van der Waals surface area contributed by atoms with Gasteiger partial charge in [-0.25, -0.2) is 4.98 Å². The summed E-state index contributed by atoms with van der Waals surface area (Å²) in [7, 11) is 0. The first-order chi connectivity index (χ1) is 24.9. The lowest BCUT2D eigenvalue weighted by Gasteiger charge is -2.44. The number of nitrogens with zero attached hydrogens (tertiary/aromatic N) is 2. The van der Waals surface area contributed by atoms with Crippen LogP contribution in [0.25, 0.3) is 49.8 Å². The maximum Gasteiger partial charge on any atom is 0.222 e. The summed E-state index contributed by atoms with van der Waals surface area (Å²) < 4.78 is 0. The van der Waals surface area contributed by atoms with Gasteiger partial charge in [0.15, 0.2) is 0 Å². The molecule has 4 unspecified atom stereocenters. The molecule has 1 aliphatic heterocycles. The molecule has 6 aromatic carbocycles. The molecule has 0 amide bonds. The maximum absolute atomic E-state index is 13.6. The Morgan fingerprint density at radius 1 is 0.647 bits per heavy atom. The van der Waals surface area contributed by atoms with E-state index in [0.717, 1.165) is 76.5 Å². The van der Waals surface area contributed by atoms with E-state index >= 15 is 0 Å². The van der Waals surface area contributed by atoms with Crippen LogP contribution in [-0.4, -0.2) is 15.5 Å². The second kappa shape index (κ2) is 11.2. The zero-order valence-electron chi connectivity index (χ0n) is 27.4. The van der Waals surface area contributed by atoms with Crippen LogP contribution < -0.4 is 10.6 Å². The monoisotopic (exact) mass is 700 g/mol. The third-order valence-electron chi connectivity index (χ3n) is 11.8. The van der Waals surface area contributed by atoms with E-state index in [1.807, 2.05) is 48.5 Å². The third kappa shape index (κ3) is 4.39. The second-order valence-corrected chi connectivity index (χ2v) is 15.2. The molecule has 0 saturated carbocycles. The van der Waals surface area contributed by atoms with Crippen molar-refractivity contribution >= 4 is 72.2 Å². The average molecular weight is 702 g/mol. The van der Waals surface area contributed by atoms with E-state index in [4.69, 9.17) is 33.2 Å². The molecule has 1 aromatic heterocycles. The van der Waals surface area contributed by atoms with Crippen molar-refractivity contribution in [3.63, 3.8) is 0 Å². The Morgan fingerprint density at radius 2 is 1.29 bits per heavy atom. The molecular formula is C45H30Cl2N2O2. The minimum absolute atomic E-state index is 0.0270. The minimum Gasteiger partial charge on any atom is -0.281 e. The van der Waals surface area contributed by atoms with E-state index < -0.39 is 21.3 Å². The number of pyridine rings is 1. The first-order valence-electron chi connectivity index (χ1n) is 17.3. The predicted molar refractivity (Wildman–Crippen MR) is 205 cm³/mol. The second-order valence-electron chi connectivity index (χ2n) is 14.3. The molecule has 0 spiro atoms. The molecule has 6 heteroatoms. The van der Waals surface area contributed by atoms with Crippen LogP contribution >= 0.6 is 23.2 Å². The molecule has 0 fully saturated rings. The van der Waals surface area contributed by atoms with E-state index in [0.29, 0.717) is 6.42 Å². The molecule has 51 heavy (non-hydrogen) atoms. The third-order valence-corrected chi connectivity index (χ3v) is 12.1. The first kappa shape index (κ1) is 30.6. The molecule has 4 nitrogen and oxygen atoms in total. The zero-order chi connectivity index (χ0) is 34.5. The van der Waals surface area contributed by atoms with Crippen LogP contribution in [0, 0.1) is 5.92 Å². The lowest BCUT2D eigenvalue weighted by molar-refractivity contribution is -0.113. The van der Waals surface area contributed by atoms with Gasteiger partial charge in [0.05, 0.1) is 22.6 Å². The van der Waals surface area contributed by atoms with Crippen molar-refractivity contribution in [1.29, 1.82) is 0 Å². The lowest BCUT2D eigenvalue weighted by Crippen LogP contribution is -2.45. The lowest BCUT2D eigenvalue weighted by atomic mass is 9.58. The average Bonchev–Trinajstić information content (AvgIpc) is 3.54. The summed E-state index contributed by atoms with van der Waals surface area (Å²) in [5.41, 5.74) is 5.06. The number of hydrogen-bond donors (Lipinski definition) is 0. The molecule has 10 rings (SSSR count). The van der Waals surface area contributed by atoms with Crippen LogP contribution in [0.4, 0.5) is 0 Å². The molecule has 2 aliphatic carbocycles. The summed E-state index contributed by atoms with van der Waals surface area (Å²) in [6, 6.07) is 43.5. The maximum atomic E-state index is 13.6. The molecule has 4 atom stereocenters. The van der Waals surface area contributed by atoms with Crippen LogP contribution in [0.5, 0.6) is 0 Å². The summed E-state index contributed by atoms with van der Waals surface area (Å²) in [5, 5.41) is 6.43. The highest BCUT2D eigenvalue weighted by Gasteiger charge is 2.59. The summed E-state index contributed by atoms with van der Waals surface area (Å²) in [6.07, 6.45) is 2.79. The Kier molecular flexibility index (Phi) is 6.71. The van der Waals surface area contributed by atoms with Gasteiger partial charge in [0.1, 0.15) is 0 Å². The van der Waals surface area contributed by atoms with Crippen molar-refractivity contribution in [2.75, 3.05) is 0 Å². The van der Waals surface area contributed by atoms with Crippen LogP contribution in [0.15, 0.2) is 132 Å². The Balaban J connectivity index is 1.34. The van der Waals surface area contributed by atoms with Crippen LogP contribution in [0.2, 0.25) is 0 Å². The van der Waals surface area contributed by atoms with Crippen molar-refractivity contribution in [3.8, 4) is 11.3 Å². The number of aromatic nitrogens is 1. The van der Waals surface area contributed by atoms with Gasteiger partial charge in [0.2, 0.25) is 10.5 Å². The molecule has 3 aliphatic rings. The highest BCUT2D eigenvalue weighted by molar-refractivity contribution is 6.64. The number of carbonyl (C=O) groups is 2. The summed E-state index contributed by atoms with van der Waals surface area (Å²) in [6.45, 7) is 0. The standard InChI is InChI=1S/C45H30Cl2N2O2/c46-38(50)23-44(32-19-17-26-9-1-5-13-30(26)40(32)42-34(44)21-28-11-3-7-15-36(28)48-42)25-45(24-39(47)51)33-20-18-27-10-2-6-14-31(27)41(33)43-35(45)22-29-12-4-8-16-37(29)49-43/h1-22,34,42H,23-25H2. The van der Waals surface area contributed by atoms with Gasteiger partial charge in [-0.15, -0.1) is 0 Å². The Bertz CT molecular complexity index is 2790. The number of rotatable bonds is 6. The highest BCUT2D eigenvalue weighted by Crippen LogP contribution is 2.65. The van der Waals surface area contributed by atoms with Gasteiger partial charge in [-0.2, -0.15) is 0 Å². The van der Waals surface area contributed by atoms with Gasteiger partial charge in [-0.05, 0) is 96.8 Å². The molecule has 0 bridgehead atoms. The molecule has 2 heterocycles. The van der Waals surface area contributed by atoms with E-state index in [9.17, 15) is 9.59 Å². The molecule has 246 valence electrons. The van der Waals surface area contributed by atoms with Crippen molar-refractivity contribution in [2.24, 2.45) is 10.9 Å². The quantitative estimate of drug-likeness (QED) is 0.163. The first-order valence-corrected chi connectivity index (χ1v) is 18.1. The highest BCUT2D eigenvalue weighted by atomic mass is 35.5. The van der Waals surface area contributed by atoms with Gasteiger partial charge in [0, 0.05) is 40.5 Å². The van der Waals surface area contributed by atoms with Crippen molar-refractivity contribution < 1.29 is 9.59 Å². The molecule has 7 aromatic rings. The number of fused-ring (bicyclic) bond motifs is 12. The smallest absolute Gasteiger partial charge is 0.222 e. The molecule has 0 saturated heterocycles. The minimum atomic E-state index is -0.931. The normalized spacial score (nSPS) is 22.4. The topological polar surface area (TPSA) is 59.4 Å². The number of benzene rings is 6. The number of carbonyl (C=O) groups excluding carboxylic acids is 2. The van der Waals surface area contributed by atoms with E-state index in [-0.39, 0.29) is 24.8 Å². The van der Waals surface area contributed by atoms with Crippen molar-refractivity contribution in [3.05, 3.63) is 160 Å². The largest absolute Gasteiger partial charge is 0.281 e.